The van der Waals surface area contributed by atoms with Crippen molar-refractivity contribution in [3.8, 4) is 0 Å². The van der Waals surface area contributed by atoms with Gasteiger partial charge in [-0.3, -0.25) is 4.79 Å². The van der Waals surface area contributed by atoms with Crippen LogP contribution in [0.4, 0.5) is 0 Å². The van der Waals surface area contributed by atoms with Crippen LogP contribution in [0.1, 0.15) is 50.5 Å². The molecule has 1 saturated carbocycles. The van der Waals surface area contributed by atoms with Crippen LogP contribution in [0.15, 0.2) is 6.20 Å². The van der Waals surface area contributed by atoms with E-state index in [4.69, 9.17) is 5.11 Å². The Morgan fingerprint density at radius 1 is 1.50 bits per heavy atom. The van der Waals surface area contributed by atoms with Crippen LogP contribution < -0.4 is 0 Å². The molecule has 0 bridgehead atoms. The topological polar surface area (TPSA) is 66.0 Å². The number of rotatable bonds is 3. The molecule has 0 amide bonds. The summed E-state index contributed by atoms with van der Waals surface area (Å²) in [6.07, 6.45) is 7.95. The Morgan fingerprint density at radius 3 is 2.81 bits per heavy atom. The van der Waals surface area contributed by atoms with Gasteiger partial charge in [0.05, 0.1) is 0 Å². The van der Waals surface area contributed by atoms with Gasteiger partial charge in [-0.2, -0.15) is 0 Å². The normalized spacial score (nSPS) is 19.6. The average Bonchev–Trinajstić information content (AvgIpc) is 2.67. The first-order valence-electron chi connectivity index (χ1n) is 5.86. The summed E-state index contributed by atoms with van der Waals surface area (Å²) in [5.41, 5.74) is 1.27. The van der Waals surface area contributed by atoms with E-state index in [0.29, 0.717) is 5.82 Å². The summed E-state index contributed by atoms with van der Waals surface area (Å²) in [7, 11) is 0. The Labute approximate surface area is 95.1 Å². The first-order valence-corrected chi connectivity index (χ1v) is 5.86. The number of imidazole rings is 1. The van der Waals surface area contributed by atoms with E-state index in [1.54, 1.807) is 0 Å². The van der Waals surface area contributed by atoms with Crippen LogP contribution in [0.2, 0.25) is 0 Å². The molecule has 0 atom stereocenters. The highest BCUT2D eigenvalue weighted by molar-refractivity contribution is 5.69. The molecule has 0 aromatic carbocycles. The third-order valence-electron chi connectivity index (χ3n) is 3.55. The van der Waals surface area contributed by atoms with Crippen molar-refractivity contribution in [1.29, 1.82) is 0 Å². The van der Waals surface area contributed by atoms with Crippen molar-refractivity contribution in [2.45, 2.75) is 50.9 Å². The smallest absolute Gasteiger partial charge is 0.311 e. The minimum absolute atomic E-state index is 0.0178. The third-order valence-corrected chi connectivity index (χ3v) is 3.55. The van der Waals surface area contributed by atoms with Crippen molar-refractivity contribution in [2.24, 2.45) is 0 Å². The second-order valence-electron chi connectivity index (χ2n) is 4.94. The maximum Gasteiger partial charge on any atom is 0.311 e. The van der Waals surface area contributed by atoms with Crippen LogP contribution in [0.3, 0.4) is 0 Å². The summed E-state index contributed by atoms with van der Waals surface area (Å²) in [5, 5.41) is 8.69. The molecule has 1 fully saturated rings. The quantitative estimate of drug-likeness (QED) is 0.824. The van der Waals surface area contributed by atoms with Gasteiger partial charge in [0.15, 0.2) is 0 Å². The second-order valence-corrected chi connectivity index (χ2v) is 4.94. The van der Waals surface area contributed by atoms with Crippen molar-refractivity contribution >= 4 is 5.97 Å². The molecule has 4 nitrogen and oxygen atoms in total. The molecule has 88 valence electrons. The maximum atomic E-state index is 10.6. The molecule has 1 heterocycles. The lowest BCUT2D eigenvalue weighted by Crippen LogP contribution is -2.25. The predicted molar refractivity (Wildman–Crippen MR) is 60.4 cm³/mol. The number of carboxylic acid groups (broad SMARTS) is 1. The predicted octanol–water partition coefficient (Wildman–Crippen LogP) is 2.26. The lowest BCUT2D eigenvalue weighted by Gasteiger charge is -2.32. The zero-order valence-corrected chi connectivity index (χ0v) is 9.62. The minimum atomic E-state index is -0.838. The van der Waals surface area contributed by atoms with Gasteiger partial charge in [0.2, 0.25) is 0 Å². The first kappa shape index (κ1) is 11.2. The highest BCUT2D eigenvalue weighted by Gasteiger charge is 2.30. The number of H-pyrrole nitrogens is 1. The van der Waals surface area contributed by atoms with E-state index in [9.17, 15) is 4.79 Å². The van der Waals surface area contributed by atoms with Crippen LogP contribution in [0.25, 0.3) is 0 Å². The second kappa shape index (κ2) is 4.28. The Kier molecular flexibility index (Phi) is 2.99. The number of nitrogens with one attached hydrogen (secondary N) is 1. The third kappa shape index (κ3) is 2.26. The summed E-state index contributed by atoms with van der Waals surface area (Å²) in [4.78, 5) is 17.9. The number of aromatic amines is 1. The molecule has 2 N–H and O–H groups in total. The average molecular weight is 222 g/mol. The lowest BCUT2D eigenvalue weighted by molar-refractivity contribution is -0.136. The van der Waals surface area contributed by atoms with Crippen molar-refractivity contribution in [2.75, 3.05) is 0 Å². The van der Waals surface area contributed by atoms with Gasteiger partial charge in [-0.25, -0.2) is 4.98 Å². The van der Waals surface area contributed by atoms with E-state index < -0.39 is 5.97 Å². The number of hydrogen-bond acceptors (Lipinski definition) is 2. The number of aliphatic carboxylic acids is 1. The van der Waals surface area contributed by atoms with E-state index in [1.165, 1.54) is 32.1 Å². The Morgan fingerprint density at radius 2 is 2.19 bits per heavy atom. The summed E-state index contributed by atoms with van der Waals surface area (Å²) >= 11 is 0. The van der Waals surface area contributed by atoms with Crippen LogP contribution in [0.5, 0.6) is 0 Å². The van der Waals surface area contributed by atoms with Crippen molar-refractivity contribution in [3.05, 3.63) is 17.7 Å². The Hall–Kier alpha value is -1.32. The molecule has 0 saturated heterocycles. The lowest BCUT2D eigenvalue weighted by atomic mass is 9.74. The maximum absolute atomic E-state index is 10.6. The summed E-state index contributed by atoms with van der Waals surface area (Å²) in [6, 6.07) is 0. The van der Waals surface area contributed by atoms with Crippen molar-refractivity contribution in [3.63, 3.8) is 0 Å². The van der Waals surface area contributed by atoms with E-state index in [0.717, 1.165) is 5.69 Å². The number of carboxylic acids is 1. The molecule has 16 heavy (non-hydrogen) atoms. The fourth-order valence-electron chi connectivity index (χ4n) is 2.50. The van der Waals surface area contributed by atoms with Crippen LogP contribution in [-0.2, 0) is 16.6 Å². The summed E-state index contributed by atoms with van der Waals surface area (Å²) in [6.45, 7) is 2.24. The van der Waals surface area contributed by atoms with Gasteiger partial charge in [0.25, 0.3) is 0 Å². The number of nitrogens with zero attached hydrogens (tertiary/aromatic N) is 1. The standard InChI is InChI=1S/C12H18N2O2/c1-12(5-3-2-4-6-12)9-8-13-10(14-9)7-11(15)16/h8H,2-7H2,1H3,(H,13,14)(H,15,16). The number of hydrogen-bond donors (Lipinski definition) is 2. The highest BCUT2D eigenvalue weighted by atomic mass is 16.4. The molecule has 0 spiro atoms. The zero-order chi connectivity index (χ0) is 11.6. The van der Waals surface area contributed by atoms with Crippen LogP contribution >= 0.6 is 0 Å². The molecule has 4 heteroatoms. The molecule has 1 aliphatic rings. The van der Waals surface area contributed by atoms with Gasteiger partial charge in [-0.15, -0.1) is 0 Å². The van der Waals surface area contributed by atoms with E-state index in [1.807, 2.05) is 6.20 Å². The Bertz CT molecular complexity index is 378. The number of aromatic nitrogens is 2. The molecular weight excluding hydrogens is 204 g/mol. The molecule has 0 unspecified atom stereocenters. The molecule has 1 aliphatic carbocycles. The van der Waals surface area contributed by atoms with Gasteiger partial charge in [0, 0.05) is 17.3 Å². The van der Waals surface area contributed by atoms with E-state index in [2.05, 4.69) is 16.9 Å². The fraction of sp³-hybridized carbons (Fsp3) is 0.667. The summed E-state index contributed by atoms with van der Waals surface area (Å²) in [5.74, 6) is -0.274. The van der Waals surface area contributed by atoms with Gasteiger partial charge < -0.3 is 10.1 Å². The Balaban J connectivity index is 2.13. The molecular formula is C12H18N2O2. The molecule has 0 aliphatic heterocycles. The highest BCUT2D eigenvalue weighted by Crippen LogP contribution is 2.37. The fourth-order valence-corrected chi connectivity index (χ4v) is 2.50. The molecule has 2 rings (SSSR count). The van der Waals surface area contributed by atoms with Gasteiger partial charge in [-0.05, 0) is 12.8 Å². The summed E-state index contributed by atoms with van der Waals surface area (Å²) < 4.78 is 0. The van der Waals surface area contributed by atoms with Crippen molar-refractivity contribution in [1.82, 2.24) is 9.97 Å². The first-order chi connectivity index (χ1) is 7.60. The molecule has 1 aromatic rings. The SMILES string of the molecule is CC1(c2cnc(CC(=O)O)[nH]2)CCCCC1. The van der Waals surface area contributed by atoms with E-state index >= 15 is 0 Å². The van der Waals surface area contributed by atoms with Gasteiger partial charge in [0.1, 0.15) is 12.2 Å². The van der Waals surface area contributed by atoms with Gasteiger partial charge in [-0.1, -0.05) is 26.2 Å². The van der Waals surface area contributed by atoms with Gasteiger partial charge >= 0.3 is 5.97 Å². The zero-order valence-electron chi connectivity index (χ0n) is 9.62. The van der Waals surface area contributed by atoms with Crippen LogP contribution in [0, 0.1) is 0 Å². The number of carbonyl (C=O) groups is 1. The van der Waals surface area contributed by atoms with Crippen molar-refractivity contribution < 1.29 is 9.90 Å². The molecule has 0 radical (unpaired) electrons. The monoisotopic (exact) mass is 222 g/mol. The minimum Gasteiger partial charge on any atom is -0.481 e. The molecule has 1 aromatic heterocycles. The van der Waals surface area contributed by atoms with E-state index in [-0.39, 0.29) is 11.8 Å². The largest absolute Gasteiger partial charge is 0.481 e. The van der Waals surface area contributed by atoms with Crippen LogP contribution in [-0.4, -0.2) is 21.0 Å².